The molecule has 0 aliphatic heterocycles. The number of thioether (sulfide) groups is 1. The number of unbranched alkanes of at least 4 members (excludes halogenated alkanes) is 1. The Morgan fingerprint density at radius 1 is 1.12 bits per heavy atom. The smallest absolute Gasteiger partial charge is 0.237 e. The summed E-state index contributed by atoms with van der Waals surface area (Å²) in [6.07, 6.45) is 2.00. The van der Waals surface area contributed by atoms with Crippen LogP contribution in [0.4, 0.5) is 0 Å². The van der Waals surface area contributed by atoms with Gasteiger partial charge in [0.05, 0.1) is 6.54 Å². The molecule has 144 valence electrons. The second-order valence-electron chi connectivity index (χ2n) is 6.37. The Labute approximate surface area is 153 Å². The third kappa shape index (κ3) is 12.3. The minimum Gasteiger partial charge on any atom is -0.370 e. The van der Waals surface area contributed by atoms with E-state index in [-0.39, 0.29) is 29.4 Å². The minimum atomic E-state index is -0.555. The lowest BCUT2D eigenvalue weighted by atomic mass is 9.97. The molecule has 0 bridgehead atoms. The summed E-state index contributed by atoms with van der Waals surface area (Å²) in [7, 11) is 0. The van der Waals surface area contributed by atoms with Crippen LogP contribution in [0.3, 0.4) is 0 Å². The Hall–Kier alpha value is -1.77. The van der Waals surface area contributed by atoms with Crippen molar-refractivity contribution in [1.82, 2.24) is 4.90 Å². The van der Waals surface area contributed by atoms with Crippen LogP contribution in [0.1, 0.15) is 40.0 Å². The molecule has 6 N–H and O–H groups in total. The van der Waals surface area contributed by atoms with Crippen molar-refractivity contribution < 1.29 is 14.4 Å². The molecular weight excluding hydrogens is 342 g/mol. The fourth-order valence-electron chi connectivity index (χ4n) is 2.36. The van der Waals surface area contributed by atoms with Gasteiger partial charge in [-0.25, -0.2) is 0 Å². The topological polar surface area (TPSA) is 145 Å². The normalized spacial score (nSPS) is 11.8. The van der Waals surface area contributed by atoms with E-state index in [1.807, 2.05) is 13.8 Å². The molecule has 9 heteroatoms. The van der Waals surface area contributed by atoms with Gasteiger partial charge in [-0.1, -0.05) is 25.6 Å². The third-order valence-corrected chi connectivity index (χ3v) is 4.36. The van der Waals surface area contributed by atoms with Gasteiger partial charge in [-0.2, -0.15) is 0 Å². The van der Waals surface area contributed by atoms with Gasteiger partial charge in [0.2, 0.25) is 11.8 Å². The number of rotatable bonds is 12. The number of nitrogens with zero attached hydrogens (tertiary/aromatic N) is 2. The highest BCUT2D eigenvalue weighted by Gasteiger charge is 2.26. The number of amides is 2. The van der Waals surface area contributed by atoms with E-state index >= 15 is 0 Å². The molecule has 0 aromatic heterocycles. The second-order valence-corrected chi connectivity index (χ2v) is 7.57. The van der Waals surface area contributed by atoms with Crippen molar-refractivity contribution in [2.45, 2.75) is 40.0 Å². The number of carbonyl (C=O) groups is 3. The average molecular weight is 374 g/mol. The number of guanidine groups is 1. The lowest BCUT2D eigenvalue weighted by Crippen LogP contribution is -2.43. The molecule has 2 amide bonds. The van der Waals surface area contributed by atoms with E-state index in [9.17, 15) is 14.4 Å². The summed E-state index contributed by atoms with van der Waals surface area (Å²) >= 11 is 1.13. The zero-order valence-electron chi connectivity index (χ0n) is 15.4. The molecule has 0 aliphatic rings. The predicted octanol–water partition coefficient (Wildman–Crippen LogP) is 0.296. The third-order valence-electron chi connectivity index (χ3n) is 3.38. The van der Waals surface area contributed by atoms with E-state index in [0.29, 0.717) is 44.0 Å². The van der Waals surface area contributed by atoms with Crippen molar-refractivity contribution >= 4 is 34.7 Å². The first-order chi connectivity index (χ1) is 11.6. The van der Waals surface area contributed by atoms with Gasteiger partial charge >= 0.3 is 0 Å². The van der Waals surface area contributed by atoms with E-state index < -0.39 is 5.91 Å². The number of hydrogen-bond acceptors (Lipinski definition) is 5. The molecule has 0 radical (unpaired) electrons. The van der Waals surface area contributed by atoms with Crippen molar-refractivity contribution in [2.75, 3.05) is 25.4 Å². The van der Waals surface area contributed by atoms with Gasteiger partial charge in [0.15, 0.2) is 11.1 Å². The number of hydrogen-bond donors (Lipinski definition) is 3. The summed E-state index contributed by atoms with van der Waals surface area (Å²) in [6, 6.07) is 0. The van der Waals surface area contributed by atoms with Crippen LogP contribution in [0.25, 0.3) is 0 Å². The van der Waals surface area contributed by atoms with Crippen LogP contribution in [-0.2, 0) is 14.4 Å². The number of primary amides is 1. The lowest BCUT2D eigenvalue weighted by molar-refractivity contribution is -0.138. The van der Waals surface area contributed by atoms with E-state index in [0.717, 1.165) is 11.8 Å². The van der Waals surface area contributed by atoms with Crippen LogP contribution < -0.4 is 17.2 Å². The summed E-state index contributed by atoms with van der Waals surface area (Å²) in [5, 5.41) is -0.0276. The molecule has 8 nitrogen and oxygen atoms in total. The Balaban J connectivity index is 4.85. The molecule has 0 saturated heterocycles. The summed E-state index contributed by atoms with van der Waals surface area (Å²) in [5.41, 5.74) is 15.8. The van der Waals surface area contributed by atoms with Gasteiger partial charge in [-0.05, 0) is 25.2 Å². The Morgan fingerprint density at radius 2 is 1.76 bits per heavy atom. The van der Waals surface area contributed by atoms with E-state index in [1.165, 1.54) is 11.8 Å². The highest BCUT2D eigenvalue weighted by molar-refractivity contribution is 8.13. The van der Waals surface area contributed by atoms with Crippen LogP contribution in [0.2, 0.25) is 0 Å². The first-order valence-electron chi connectivity index (χ1n) is 8.39. The van der Waals surface area contributed by atoms with E-state index in [2.05, 4.69) is 4.99 Å². The molecule has 1 unspecified atom stereocenters. The highest BCUT2D eigenvalue weighted by atomic mass is 32.2. The standard InChI is InChI=1S/C16H31N5O3S/c1-11(2)8-13(10-25-12(3)22)15(24)21(9-14(17)23)7-5-4-6-20-16(18)19/h11,13H,4-10H2,1-3H3,(H2,17,23)(H4,18,19,20). The van der Waals surface area contributed by atoms with E-state index in [1.54, 1.807) is 0 Å². The molecule has 0 aromatic rings. The van der Waals surface area contributed by atoms with Crippen LogP contribution in [0.15, 0.2) is 4.99 Å². The first-order valence-corrected chi connectivity index (χ1v) is 9.37. The van der Waals surface area contributed by atoms with Gasteiger partial charge in [-0.3, -0.25) is 19.4 Å². The summed E-state index contributed by atoms with van der Waals surface area (Å²) in [6.45, 7) is 6.27. The fraction of sp³-hybridized carbons (Fsp3) is 0.750. The molecule has 0 rings (SSSR count). The maximum absolute atomic E-state index is 12.8. The van der Waals surface area contributed by atoms with Gasteiger partial charge in [0, 0.05) is 31.7 Å². The molecule has 0 aliphatic carbocycles. The number of aliphatic imine (C=N–C) groups is 1. The van der Waals surface area contributed by atoms with Crippen molar-refractivity contribution in [2.24, 2.45) is 34.0 Å². The summed E-state index contributed by atoms with van der Waals surface area (Å²) in [5.74, 6) is -0.258. The van der Waals surface area contributed by atoms with Gasteiger partial charge < -0.3 is 22.1 Å². The molecule has 0 spiro atoms. The molecule has 0 saturated carbocycles. The van der Waals surface area contributed by atoms with Gasteiger partial charge in [0.1, 0.15) is 0 Å². The first kappa shape index (κ1) is 23.2. The number of carbonyl (C=O) groups excluding carboxylic acids is 3. The molecule has 25 heavy (non-hydrogen) atoms. The highest BCUT2D eigenvalue weighted by Crippen LogP contribution is 2.20. The van der Waals surface area contributed by atoms with Crippen LogP contribution in [0, 0.1) is 11.8 Å². The largest absolute Gasteiger partial charge is 0.370 e. The monoisotopic (exact) mass is 373 g/mol. The fourth-order valence-corrected chi connectivity index (χ4v) is 3.08. The molecule has 0 fully saturated rings. The molecule has 0 heterocycles. The zero-order valence-corrected chi connectivity index (χ0v) is 16.2. The van der Waals surface area contributed by atoms with Crippen molar-refractivity contribution in [3.8, 4) is 0 Å². The number of nitrogens with two attached hydrogens (primary N) is 3. The van der Waals surface area contributed by atoms with Crippen LogP contribution in [0.5, 0.6) is 0 Å². The maximum Gasteiger partial charge on any atom is 0.237 e. The van der Waals surface area contributed by atoms with Crippen LogP contribution in [-0.4, -0.2) is 53.2 Å². The zero-order chi connectivity index (χ0) is 19.4. The molecule has 1 atom stereocenters. The lowest BCUT2D eigenvalue weighted by Gasteiger charge is -2.27. The van der Waals surface area contributed by atoms with Gasteiger partial charge in [-0.15, -0.1) is 0 Å². The SMILES string of the molecule is CC(=O)SCC(CC(C)C)C(=O)N(CCCCN=C(N)N)CC(N)=O. The van der Waals surface area contributed by atoms with Crippen molar-refractivity contribution in [3.05, 3.63) is 0 Å². The van der Waals surface area contributed by atoms with Crippen LogP contribution >= 0.6 is 11.8 Å². The summed E-state index contributed by atoms with van der Waals surface area (Å²) < 4.78 is 0. The molecule has 0 aromatic carbocycles. The average Bonchev–Trinajstić information content (AvgIpc) is 2.48. The predicted molar refractivity (Wildman–Crippen MR) is 102 cm³/mol. The Kier molecular flexibility index (Phi) is 11.7. The van der Waals surface area contributed by atoms with Crippen molar-refractivity contribution in [1.29, 1.82) is 0 Å². The van der Waals surface area contributed by atoms with Gasteiger partial charge in [0.25, 0.3) is 0 Å². The summed E-state index contributed by atoms with van der Waals surface area (Å²) in [4.78, 5) is 40.7. The quantitative estimate of drug-likeness (QED) is 0.255. The Bertz CT molecular complexity index is 478. The van der Waals surface area contributed by atoms with E-state index in [4.69, 9.17) is 17.2 Å². The maximum atomic E-state index is 12.8. The van der Waals surface area contributed by atoms with Crippen molar-refractivity contribution in [3.63, 3.8) is 0 Å². The minimum absolute atomic E-state index is 0.0276. The second kappa shape index (κ2) is 12.6. The Morgan fingerprint density at radius 3 is 2.24 bits per heavy atom. The molecular formula is C16H31N5O3S.